The van der Waals surface area contributed by atoms with Gasteiger partial charge in [-0.2, -0.15) is 0 Å². The number of primary sulfonamides is 1. The SMILES string of the molecule is CCC(C)NC(=O)C1(C(=O)NCCc2ccc(S(N)(=O)=O)cc2)CC1. The lowest BCUT2D eigenvalue weighted by Crippen LogP contribution is -2.46. The summed E-state index contributed by atoms with van der Waals surface area (Å²) in [7, 11) is -3.70. The van der Waals surface area contributed by atoms with Gasteiger partial charge in [0.2, 0.25) is 21.8 Å². The molecule has 1 fully saturated rings. The summed E-state index contributed by atoms with van der Waals surface area (Å²) in [5, 5.41) is 10.7. The van der Waals surface area contributed by atoms with Crippen LogP contribution in [0.15, 0.2) is 29.2 Å². The van der Waals surface area contributed by atoms with Crippen molar-refractivity contribution in [1.29, 1.82) is 0 Å². The van der Waals surface area contributed by atoms with Gasteiger partial charge in [-0.3, -0.25) is 9.59 Å². The molecule has 4 N–H and O–H groups in total. The van der Waals surface area contributed by atoms with Crippen LogP contribution in [0.5, 0.6) is 0 Å². The summed E-state index contributed by atoms with van der Waals surface area (Å²) in [5.74, 6) is -0.439. The van der Waals surface area contributed by atoms with E-state index in [0.29, 0.717) is 25.8 Å². The molecular weight excluding hydrogens is 342 g/mol. The number of sulfonamides is 1. The first-order valence-electron chi connectivity index (χ1n) is 8.40. The van der Waals surface area contributed by atoms with Crippen LogP contribution < -0.4 is 15.8 Å². The highest BCUT2D eigenvalue weighted by molar-refractivity contribution is 7.89. The van der Waals surface area contributed by atoms with Crippen LogP contribution in [0.25, 0.3) is 0 Å². The third-order valence-corrected chi connectivity index (χ3v) is 5.49. The molecule has 1 saturated carbocycles. The van der Waals surface area contributed by atoms with Crippen LogP contribution in [0.2, 0.25) is 0 Å². The van der Waals surface area contributed by atoms with Gasteiger partial charge in [0, 0.05) is 12.6 Å². The van der Waals surface area contributed by atoms with Gasteiger partial charge in [-0.1, -0.05) is 19.1 Å². The van der Waals surface area contributed by atoms with Crippen LogP contribution in [0, 0.1) is 5.41 Å². The van der Waals surface area contributed by atoms with E-state index in [1.54, 1.807) is 12.1 Å². The van der Waals surface area contributed by atoms with E-state index in [1.165, 1.54) is 12.1 Å². The first-order valence-corrected chi connectivity index (χ1v) is 9.94. The molecule has 0 saturated heterocycles. The summed E-state index contributed by atoms with van der Waals surface area (Å²) in [5.41, 5.74) is -0.0393. The zero-order valence-electron chi connectivity index (χ0n) is 14.5. The molecule has 1 aromatic rings. The highest BCUT2D eigenvalue weighted by atomic mass is 32.2. The van der Waals surface area contributed by atoms with Gasteiger partial charge in [-0.25, -0.2) is 13.6 Å². The van der Waals surface area contributed by atoms with Crippen molar-refractivity contribution in [2.75, 3.05) is 6.54 Å². The van der Waals surface area contributed by atoms with Gasteiger partial charge in [0.25, 0.3) is 0 Å². The lowest BCUT2D eigenvalue weighted by molar-refractivity contribution is -0.137. The second kappa shape index (κ2) is 7.53. The van der Waals surface area contributed by atoms with Crippen LogP contribution in [0.4, 0.5) is 0 Å². The molecule has 0 bridgehead atoms. The minimum absolute atomic E-state index is 0.0510. The number of nitrogens with one attached hydrogen (secondary N) is 2. The highest BCUT2D eigenvalue weighted by Gasteiger charge is 2.56. The normalized spacial score (nSPS) is 16.8. The summed E-state index contributed by atoms with van der Waals surface area (Å²) in [4.78, 5) is 24.7. The predicted molar refractivity (Wildman–Crippen MR) is 94.1 cm³/mol. The Labute approximate surface area is 148 Å². The Hall–Kier alpha value is -1.93. The monoisotopic (exact) mass is 367 g/mol. The van der Waals surface area contributed by atoms with Crippen molar-refractivity contribution in [2.24, 2.45) is 10.6 Å². The second-order valence-electron chi connectivity index (χ2n) is 6.56. The van der Waals surface area contributed by atoms with Crippen molar-refractivity contribution < 1.29 is 18.0 Å². The molecule has 0 aliphatic heterocycles. The molecule has 1 atom stereocenters. The Kier molecular flexibility index (Phi) is 5.84. The lowest BCUT2D eigenvalue weighted by Gasteiger charge is -2.18. The fraction of sp³-hybridized carbons (Fsp3) is 0.529. The average molecular weight is 367 g/mol. The van der Waals surface area contributed by atoms with E-state index < -0.39 is 15.4 Å². The molecule has 1 aliphatic carbocycles. The summed E-state index contributed by atoms with van der Waals surface area (Å²) in [6, 6.07) is 6.25. The maximum absolute atomic E-state index is 12.3. The van der Waals surface area contributed by atoms with E-state index in [2.05, 4.69) is 10.6 Å². The zero-order valence-corrected chi connectivity index (χ0v) is 15.4. The van der Waals surface area contributed by atoms with E-state index in [0.717, 1.165) is 12.0 Å². The summed E-state index contributed by atoms with van der Waals surface area (Å²) in [6.45, 7) is 4.27. The molecular formula is C17H25N3O4S. The molecule has 138 valence electrons. The van der Waals surface area contributed by atoms with Gasteiger partial charge in [-0.05, 0) is 50.3 Å². The van der Waals surface area contributed by atoms with E-state index >= 15 is 0 Å². The number of amides is 2. The average Bonchev–Trinajstić information content (AvgIpc) is 3.36. The smallest absolute Gasteiger partial charge is 0.238 e. The van der Waals surface area contributed by atoms with Gasteiger partial charge in [0.05, 0.1) is 4.90 Å². The lowest BCUT2D eigenvalue weighted by atomic mass is 10.0. The minimum atomic E-state index is -3.70. The van der Waals surface area contributed by atoms with Gasteiger partial charge < -0.3 is 10.6 Å². The Morgan fingerprint density at radius 3 is 2.28 bits per heavy atom. The fourth-order valence-electron chi connectivity index (χ4n) is 2.48. The van der Waals surface area contributed by atoms with Gasteiger partial charge in [0.1, 0.15) is 5.41 Å². The molecule has 1 aromatic carbocycles. The van der Waals surface area contributed by atoms with Gasteiger partial charge in [-0.15, -0.1) is 0 Å². The topological polar surface area (TPSA) is 118 Å². The van der Waals surface area contributed by atoms with E-state index in [9.17, 15) is 18.0 Å². The number of carbonyl (C=O) groups is 2. The molecule has 0 radical (unpaired) electrons. The molecule has 2 rings (SSSR count). The van der Waals surface area contributed by atoms with Crippen LogP contribution in [0.3, 0.4) is 0 Å². The zero-order chi connectivity index (χ0) is 18.7. The molecule has 0 heterocycles. The molecule has 25 heavy (non-hydrogen) atoms. The summed E-state index contributed by atoms with van der Waals surface area (Å²) >= 11 is 0. The Bertz CT molecular complexity index is 740. The van der Waals surface area contributed by atoms with Crippen LogP contribution in [-0.4, -0.2) is 32.8 Å². The quantitative estimate of drug-likeness (QED) is 0.586. The molecule has 0 aromatic heterocycles. The highest BCUT2D eigenvalue weighted by Crippen LogP contribution is 2.46. The first-order chi connectivity index (χ1) is 11.7. The van der Waals surface area contributed by atoms with Crippen molar-refractivity contribution in [2.45, 2.75) is 50.5 Å². The van der Waals surface area contributed by atoms with E-state index in [4.69, 9.17) is 5.14 Å². The number of rotatable bonds is 8. The largest absolute Gasteiger partial charge is 0.355 e. The number of hydrogen-bond acceptors (Lipinski definition) is 4. The maximum Gasteiger partial charge on any atom is 0.238 e. The molecule has 1 aliphatic rings. The van der Waals surface area contributed by atoms with Crippen molar-refractivity contribution >= 4 is 21.8 Å². The third-order valence-electron chi connectivity index (χ3n) is 4.56. The molecule has 8 heteroatoms. The standard InChI is InChI=1S/C17H25N3O4S/c1-3-12(2)20-16(22)17(9-10-17)15(21)19-11-8-13-4-6-14(7-5-13)25(18,23)24/h4-7,12H,3,8-11H2,1-2H3,(H,19,21)(H,20,22)(H2,18,23,24). The van der Waals surface area contributed by atoms with Gasteiger partial charge in [0.15, 0.2) is 0 Å². The maximum atomic E-state index is 12.3. The van der Waals surface area contributed by atoms with Crippen LogP contribution in [-0.2, 0) is 26.0 Å². The van der Waals surface area contributed by atoms with Crippen molar-refractivity contribution in [1.82, 2.24) is 10.6 Å². The van der Waals surface area contributed by atoms with Crippen molar-refractivity contribution in [3.8, 4) is 0 Å². The Morgan fingerprint density at radius 1 is 1.20 bits per heavy atom. The number of hydrogen-bond donors (Lipinski definition) is 3. The van der Waals surface area contributed by atoms with E-state index in [-0.39, 0.29) is 22.8 Å². The van der Waals surface area contributed by atoms with Gasteiger partial charge >= 0.3 is 0 Å². The van der Waals surface area contributed by atoms with Crippen LogP contribution >= 0.6 is 0 Å². The van der Waals surface area contributed by atoms with Crippen LogP contribution in [0.1, 0.15) is 38.7 Å². The second-order valence-corrected chi connectivity index (χ2v) is 8.12. The minimum Gasteiger partial charge on any atom is -0.355 e. The predicted octanol–water partition coefficient (Wildman–Crippen LogP) is 0.688. The number of nitrogens with two attached hydrogens (primary N) is 1. The van der Waals surface area contributed by atoms with E-state index in [1.807, 2.05) is 13.8 Å². The molecule has 7 nitrogen and oxygen atoms in total. The number of carbonyl (C=O) groups excluding carboxylic acids is 2. The Morgan fingerprint density at radius 2 is 1.80 bits per heavy atom. The summed E-state index contributed by atoms with van der Waals surface area (Å²) < 4.78 is 22.4. The Balaban J connectivity index is 1.85. The molecule has 0 spiro atoms. The molecule has 2 amide bonds. The molecule has 1 unspecified atom stereocenters. The van der Waals surface area contributed by atoms with Crippen molar-refractivity contribution in [3.05, 3.63) is 29.8 Å². The third kappa shape index (κ3) is 4.79. The van der Waals surface area contributed by atoms with Crippen molar-refractivity contribution in [3.63, 3.8) is 0 Å². The fourth-order valence-corrected chi connectivity index (χ4v) is 3.00. The first kappa shape index (κ1) is 19.4. The number of benzene rings is 1. The summed E-state index contributed by atoms with van der Waals surface area (Å²) in [6.07, 6.45) is 2.51.